The van der Waals surface area contributed by atoms with Crippen LogP contribution in [0.25, 0.3) is 10.9 Å². The summed E-state index contributed by atoms with van der Waals surface area (Å²) in [6, 6.07) is 19.1. The number of nitrogens with zero attached hydrogens (tertiary/aromatic N) is 2. The third-order valence-corrected chi connectivity index (χ3v) is 4.60. The highest BCUT2D eigenvalue weighted by Crippen LogP contribution is 2.20. The van der Waals surface area contributed by atoms with Gasteiger partial charge in [-0.3, -0.25) is 0 Å². The predicted molar refractivity (Wildman–Crippen MR) is 101 cm³/mol. The minimum Gasteiger partial charge on any atom is -0.471 e. The zero-order valence-corrected chi connectivity index (χ0v) is 14.8. The van der Waals surface area contributed by atoms with Crippen LogP contribution >= 0.6 is 11.6 Å². The molecule has 1 fully saturated rings. The molecule has 26 heavy (non-hydrogen) atoms. The number of carbonyl (C=O) groups is 1. The van der Waals surface area contributed by atoms with E-state index in [9.17, 15) is 4.79 Å². The quantitative estimate of drug-likeness (QED) is 0.761. The van der Waals surface area contributed by atoms with Crippen LogP contribution in [0.2, 0.25) is 5.02 Å². The summed E-state index contributed by atoms with van der Waals surface area (Å²) in [5.41, 5.74) is 1.92. The normalized spacial score (nSPS) is 14.1. The molecule has 1 aromatic heterocycles. The predicted octanol–water partition coefficient (Wildman–Crippen LogP) is 3.86. The molecule has 1 aliphatic rings. The number of fused-ring (bicyclic) bond motifs is 1. The number of carbonyl (C=O) groups excluding carboxylic acids is 1. The summed E-state index contributed by atoms with van der Waals surface area (Å²) in [4.78, 5) is 18.4. The van der Waals surface area contributed by atoms with Crippen LogP contribution in [0.1, 0.15) is 5.56 Å². The SMILES string of the molecule is O=C(NCc1ccc(Cl)cc1)N1CC(Oc2ccc3ccccc3n2)C1. The van der Waals surface area contributed by atoms with Crippen molar-refractivity contribution in [2.24, 2.45) is 0 Å². The molecule has 1 N–H and O–H groups in total. The number of halogens is 1. The molecule has 2 heterocycles. The van der Waals surface area contributed by atoms with Gasteiger partial charge in [0.2, 0.25) is 5.88 Å². The van der Waals surface area contributed by atoms with Gasteiger partial charge < -0.3 is 15.0 Å². The molecule has 1 saturated heterocycles. The Kier molecular flexibility index (Phi) is 4.63. The maximum Gasteiger partial charge on any atom is 0.317 e. The van der Waals surface area contributed by atoms with Crippen LogP contribution in [0.15, 0.2) is 60.7 Å². The van der Waals surface area contributed by atoms with Crippen molar-refractivity contribution in [3.63, 3.8) is 0 Å². The molecule has 0 bridgehead atoms. The van der Waals surface area contributed by atoms with Gasteiger partial charge in [0.05, 0.1) is 18.6 Å². The van der Waals surface area contributed by atoms with Gasteiger partial charge in [-0.2, -0.15) is 0 Å². The zero-order chi connectivity index (χ0) is 17.9. The van der Waals surface area contributed by atoms with Crippen molar-refractivity contribution in [1.29, 1.82) is 0 Å². The number of aromatic nitrogens is 1. The number of hydrogen-bond acceptors (Lipinski definition) is 3. The molecule has 2 aromatic carbocycles. The summed E-state index contributed by atoms with van der Waals surface area (Å²) < 4.78 is 5.87. The topological polar surface area (TPSA) is 54.5 Å². The van der Waals surface area contributed by atoms with Gasteiger partial charge in [-0.05, 0) is 29.8 Å². The highest BCUT2D eigenvalue weighted by atomic mass is 35.5. The first kappa shape index (κ1) is 16.7. The second kappa shape index (κ2) is 7.22. The number of urea groups is 1. The fourth-order valence-corrected chi connectivity index (χ4v) is 2.98. The summed E-state index contributed by atoms with van der Waals surface area (Å²) in [6.07, 6.45) is -0.0232. The number of rotatable bonds is 4. The number of benzene rings is 2. The molecular weight excluding hydrogens is 350 g/mol. The molecule has 0 unspecified atom stereocenters. The lowest BCUT2D eigenvalue weighted by Crippen LogP contribution is -2.58. The lowest BCUT2D eigenvalue weighted by Gasteiger charge is -2.38. The summed E-state index contributed by atoms with van der Waals surface area (Å²) in [5, 5.41) is 4.67. The van der Waals surface area contributed by atoms with Crippen molar-refractivity contribution >= 4 is 28.5 Å². The van der Waals surface area contributed by atoms with E-state index in [1.54, 1.807) is 4.90 Å². The van der Waals surface area contributed by atoms with E-state index < -0.39 is 0 Å². The smallest absolute Gasteiger partial charge is 0.317 e. The zero-order valence-electron chi connectivity index (χ0n) is 14.1. The van der Waals surface area contributed by atoms with Crippen molar-refractivity contribution in [2.75, 3.05) is 13.1 Å². The Morgan fingerprint density at radius 2 is 1.88 bits per heavy atom. The molecule has 4 rings (SSSR count). The number of pyridine rings is 1. The minimum absolute atomic E-state index is 0.0232. The number of nitrogens with one attached hydrogen (secondary N) is 1. The van der Waals surface area contributed by atoms with E-state index in [2.05, 4.69) is 10.3 Å². The molecule has 6 heteroatoms. The van der Waals surface area contributed by atoms with Gasteiger partial charge in [0, 0.05) is 23.0 Å². The van der Waals surface area contributed by atoms with Gasteiger partial charge in [0.1, 0.15) is 6.10 Å². The second-order valence-electron chi connectivity index (χ2n) is 6.27. The van der Waals surface area contributed by atoms with E-state index in [1.165, 1.54) is 0 Å². The van der Waals surface area contributed by atoms with Crippen LogP contribution in [0.4, 0.5) is 4.79 Å². The lowest BCUT2D eigenvalue weighted by molar-refractivity contribution is 0.0415. The largest absolute Gasteiger partial charge is 0.471 e. The average Bonchev–Trinajstić information content (AvgIpc) is 2.63. The average molecular weight is 368 g/mol. The molecule has 0 spiro atoms. The second-order valence-corrected chi connectivity index (χ2v) is 6.71. The minimum atomic E-state index is -0.0914. The third kappa shape index (κ3) is 3.73. The summed E-state index contributed by atoms with van der Waals surface area (Å²) in [5.74, 6) is 0.593. The van der Waals surface area contributed by atoms with Gasteiger partial charge in [-0.1, -0.05) is 41.9 Å². The van der Waals surface area contributed by atoms with Crippen LogP contribution in [0.3, 0.4) is 0 Å². The van der Waals surface area contributed by atoms with E-state index in [0.717, 1.165) is 16.5 Å². The maximum atomic E-state index is 12.2. The number of likely N-dealkylation sites (tertiary alicyclic amines) is 1. The van der Waals surface area contributed by atoms with E-state index >= 15 is 0 Å². The molecule has 0 aliphatic carbocycles. The first-order chi connectivity index (χ1) is 12.7. The van der Waals surface area contributed by atoms with Crippen molar-refractivity contribution in [1.82, 2.24) is 15.2 Å². The summed E-state index contributed by atoms with van der Waals surface area (Å²) in [7, 11) is 0. The van der Waals surface area contributed by atoms with Crippen LogP contribution in [-0.4, -0.2) is 35.1 Å². The Balaban J connectivity index is 1.26. The number of hydrogen-bond donors (Lipinski definition) is 1. The first-order valence-corrected chi connectivity index (χ1v) is 8.85. The van der Waals surface area contributed by atoms with Crippen LogP contribution in [-0.2, 0) is 6.54 Å². The van der Waals surface area contributed by atoms with Gasteiger partial charge in [0.25, 0.3) is 0 Å². The molecule has 132 valence electrons. The Bertz CT molecular complexity index is 924. The Morgan fingerprint density at radius 1 is 1.12 bits per heavy atom. The maximum absolute atomic E-state index is 12.2. The Hall–Kier alpha value is -2.79. The van der Waals surface area contributed by atoms with E-state index in [-0.39, 0.29) is 12.1 Å². The highest BCUT2D eigenvalue weighted by molar-refractivity contribution is 6.30. The van der Waals surface area contributed by atoms with Crippen molar-refractivity contribution in [3.05, 3.63) is 71.2 Å². The lowest BCUT2D eigenvalue weighted by atomic mass is 10.2. The molecular formula is C20H18ClN3O2. The molecule has 1 aliphatic heterocycles. The highest BCUT2D eigenvalue weighted by Gasteiger charge is 2.32. The van der Waals surface area contributed by atoms with Gasteiger partial charge in [-0.25, -0.2) is 9.78 Å². The third-order valence-electron chi connectivity index (χ3n) is 4.35. The summed E-state index contributed by atoms with van der Waals surface area (Å²) >= 11 is 5.86. The van der Waals surface area contributed by atoms with E-state index in [1.807, 2.05) is 60.7 Å². The molecule has 3 aromatic rings. The van der Waals surface area contributed by atoms with Crippen molar-refractivity contribution < 1.29 is 9.53 Å². The molecule has 0 radical (unpaired) electrons. The monoisotopic (exact) mass is 367 g/mol. The number of amides is 2. The number of para-hydroxylation sites is 1. The number of ether oxygens (including phenoxy) is 1. The molecule has 0 atom stereocenters. The molecule has 0 saturated carbocycles. The van der Waals surface area contributed by atoms with Crippen LogP contribution in [0, 0.1) is 0 Å². The standard InChI is InChI=1S/C20H18ClN3O2/c21-16-8-5-14(6-9-16)11-22-20(25)24-12-17(13-24)26-19-10-7-15-3-1-2-4-18(15)23-19/h1-10,17H,11-13H2,(H,22,25). The fourth-order valence-electron chi connectivity index (χ4n) is 2.85. The van der Waals surface area contributed by atoms with E-state index in [4.69, 9.17) is 16.3 Å². The van der Waals surface area contributed by atoms with Crippen LogP contribution in [0.5, 0.6) is 5.88 Å². The summed E-state index contributed by atoms with van der Waals surface area (Å²) in [6.45, 7) is 1.59. The van der Waals surface area contributed by atoms with Crippen molar-refractivity contribution in [3.8, 4) is 5.88 Å². The van der Waals surface area contributed by atoms with Crippen LogP contribution < -0.4 is 10.1 Å². The fraction of sp³-hybridized carbons (Fsp3) is 0.200. The van der Waals surface area contributed by atoms with Gasteiger partial charge in [-0.15, -0.1) is 0 Å². The van der Waals surface area contributed by atoms with Gasteiger partial charge >= 0.3 is 6.03 Å². The van der Waals surface area contributed by atoms with Crippen molar-refractivity contribution in [2.45, 2.75) is 12.6 Å². The molecule has 2 amide bonds. The van der Waals surface area contributed by atoms with E-state index in [0.29, 0.717) is 30.5 Å². The molecule has 5 nitrogen and oxygen atoms in total. The Labute approximate surface area is 156 Å². The first-order valence-electron chi connectivity index (χ1n) is 8.47. The Morgan fingerprint density at radius 3 is 2.69 bits per heavy atom. The van der Waals surface area contributed by atoms with Gasteiger partial charge in [0.15, 0.2) is 0 Å².